The maximum atomic E-state index is 10.5. The molecule has 4 nitrogen and oxygen atoms in total. The minimum absolute atomic E-state index is 0.617. The molecular weight excluding hydrogens is 332 g/mol. The van der Waals surface area contributed by atoms with E-state index in [9.17, 15) is 15.3 Å². The van der Waals surface area contributed by atoms with E-state index in [1.807, 2.05) is 81.4 Å². The van der Waals surface area contributed by atoms with E-state index in [-0.39, 0.29) is 0 Å². The van der Waals surface area contributed by atoms with Gasteiger partial charge < -0.3 is 19.7 Å². The van der Waals surface area contributed by atoms with Gasteiger partial charge in [0.1, 0.15) is 5.60 Å². The first-order valence-electron chi connectivity index (χ1n) is 8.46. The summed E-state index contributed by atoms with van der Waals surface area (Å²) in [6.07, 6.45) is 0. The predicted octanol–water partition coefficient (Wildman–Crippen LogP) is 1.02. The second-order valence-electron chi connectivity index (χ2n) is 7.58. The number of rotatable bonds is 6. The van der Waals surface area contributed by atoms with Gasteiger partial charge in [-0.3, -0.25) is 0 Å². The molecule has 0 aromatic heterocycles. The van der Waals surface area contributed by atoms with Gasteiger partial charge in [0.15, 0.2) is 0 Å². The minimum atomic E-state index is -2.36. The van der Waals surface area contributed by atoms with Crippen LogP contribution in [0.2, 0.25) is 0 Å². The lowest BCUT2D eigenvalue weighted by molar-refractivity contribution is -0.302. The highest BCUT2D eigenvalue weighted by Crippen LogP contribution is 2.41. The molecule has 1 unspecified atom stereocenters. The third-order valence-electron chi connectivity index (χ3n) is 4.97. The van der Waals surface area contributed by atoms with E-state index in [0.29, 0.717) is 0 Å². The standard InChI is InChI=1S/C20H28O4Si/c1-18(2,3)19(4,20(22,23)15-21)24-25(16-11-7-5-8-12-16)17-13-9-6-10-14-17/h5-14,21-23,25H,15H2,1-4H3. The van der Waals surface area contributed by atoms with Crippen molar-refractivity contribution in [1.29, 1.82) is 0 Å². The Bertz CT molecular complexity index is 628. The average Bonchev–Trinajstić information content (AvgIpc) is 2.59. The van der Waals surface area contributed by atoms with E-state index >= 15 is 0 Å². The molecule has 0 heterocycles. The smallest absolute Gasteiger partial charge is 0.241 e. The second-order valence-corrected chi connectivity index (χ2v) is 9.91. The Morgan fingerprint density at radius 3 is 1.52 bits per heavy atom. The van der Waals surface area contributed by atoms with Crippen LogP contribution in [0.3, 0.4) is 0 Å². The lowest BCUT2D eigenvalue weighted by Gasteiger charge is -2.50. The monoisotopic (exact) mass is 360 g/mol. The third kappa shape index (κ3) is 4.02. The molecule has 2 rings (SSSR count). The second kappa shape index (κ2) is 7.39. The van der Waals surface area contributed by atoms with E-state index in [0.717, 1.165) is 10.4 Å². The molecule has 0 aliphatic carbocycles. The summed E-state index contributed by atoms with van der Waals surface area (Å²) in [5.74, 6) is -2.36. The van der Waals surface area contributed by atoms with Gasteiger partial charge in [0, 0.05) is 0 Å². The zero-order valence-electron chi connectivity index (χ0n) is 15.3. The molecule has 1 atom stereocenters. The van der Waals surface area contributed by atoms with Crippen LogP contribution in [-0.4, -0.2) is 42.4 Å². The van der Waals surface area contributed by atoms with Crippen LogP contribution >= 0.6 is 0 Å². The molecule has 0 fully saturated rings. The lowest BCUT2D eigenvalue weighted by Crippen LogP contribution is -2.67. The topological polar surface area (TPSA) is 69.9 Å². The number of hydrogen-bond donors (Lipinski definition) is 3. The zero-order chi connectivity index (χ0) is 18.7. The van der Waals surface area contributed by atoms with Crippen LogP contribution in [0.5, 0.6) is 0 Å². The normalized spacial score (nSPS) is 15.2. The van der Waals surface area contributed by atoms with Crippen LogP contribution < -0.4 is 10.4 Å². The molecule has 0 spiro atoms. The van der Waals surface area contributed by atoms with Crippen molar-refractivity contribution in [3.63, 3.8) is 0 Å². The van der Waals surface area contributed by atoms with Crippen LogP contribution in [0.4, 0.5) is 0 Å². The Labute approximate surface area is 151 Å². The molecule has 0 aliphatic rings. The van der Waals surface area contributed by atoms with Crippen LogP contribution in [0.25, 0.3) is 0 Å². The molecule has 0 aliphatic heterocycles. The maximum absolute atomic E-state index is 10.5. The summed E-state index contributed by atoms with van der Waals surface area (Å²) in [5.41, 5.74) is -1.98. The van der Waals surface area contributed by atoms with Crippen molar-refractivity contribution in [3.05, 3.63) is 60.7 Å². The Hall–Kier alpha value is -1.50. The summed E-state index contributed by atoms with van der Waals surface area (Å²) in [6.45, 7) is 6.50. The predicted molar refractivity (Wildman–Crippen MR) is 103 cm³/mol. The number of benzene rings is 2. The van der Waals surface area contributed by atoms with Crippen molar-refractivity contribution in [2.75, 3.05) is 6.61 Å². The lowest BCUT2D eigenvalue weighted by atomic mass is 9.72. The van der Waals surface area contributed by atoms with Crippen LogP contribution in [0, 0.1) is 5.41 Å². The molecule has 0 bridgehead atoms. The van der Waals surface area contributed by atoms with Crippen molar-refractivity contribution in [2.24, 2.45) is 5.41 Å². The third-order valence-corrected chi connectivity index (χ3v) is 7.66. The molecule has 5 heteroatoms. The highest BCUT2D eigenvalue weighted by atomic mass is 28.3. The van der Waals surface area contributed by atoms with Crippen LogP contribution in [0.1, 0.15) is 27.7 Å². The summed E-state index contributed by atoms with van der Waals surface area (Å²) in [6, 6.07) is 19.7. The fraction of sp³-hybridized carbons (Fsp3) is 0.400. The maximum Gasteiger partial charge on any atom is 0.241 e. The fourth-order valence-corrected chi connectivity index (χ4v) is 5.66. The Morgan fingerprint density at radius 1 is 0.800 bits per heavy atom. The van der Waals surface area contributed by atoms with Gasteiger partial charge in [-0.05, 0) is 22.7 Å². The summed E-state index contributed by atoms with van der Waals surface area (Å²) >= 11 is 0. The van der Waals surface area contributed by atoms with Gasteiger partial charge in [-0.1, -0.05) is 81.4 Å². The van der Waals surface area contributed by atoms with Crippen molar-refractivity contribution < 1.29 is 19.7 Å². The molecule has 136 valence electrons. The SMILES string of the molecule is CC(C)(C)C(C)(O[SiH](c1ccccc1)c1ccccc1)C(O)(O)CO. The van der Waals surface area contributed by atoms with E-state index < -0.39 is 32.5 Å². The number of aliphatic hydroxyl groups is 3. The van der Waals surface area contributed by atoms with E-state index in [1.54, 1.807) is 6.92 Å². The van der Waals surface area contributed by atoms with Crippen LogP contribution in [0.15, 0.2) is 60.7 Å². The van der Waals surface area contributed by atoms with Gasteiger partial charge in [-0.25, -0.2) is 0 Å². The van der Waals surface area contributed by atoms with Gasteiger partial charge in [0.05, 0.1) is 6.61 Å². The molecule has 2 aromatic carbocycles. The van der Waals surface area contributed by atoms with Gasteiger partial charge in [0.25, 0.3) is 0 Å². The molecule has 25 heavy (non-hydrogen) atoms. The van der Waals surface area contributed by atoms with Crippen molar-refractivity contribution in [1.82, 2.24) is 0 Å². The van der Waals surface area contributed by atoms with Crippen LogP contribution in [-0.2, 0) is 4.43 Å². The van der Waals surface area contributed by atoms with Gasteiger partial charge in [0.2, 0.25) is 14.8 Å². The summed E-state index contributed by atoms with van der Waals surface area (Å²) in [7, 11) is -2.22. The van der Waals surface area contributed by atoms with Crippen molar-refractivity contribution in [2.45, 2.75) is 39.1 Å². The van der Waals surface area contributed by atoms with Gasteiger partial charge >= 0.3 is 0 Å². The molecular formula is C20H28O4Si. The van der Waals surface area contributed by atoms with E-state index in [1.165, 1.54) is 0 Å². The zero-order valence-corrected chi connectivity index (χ0v) is 16.5. The number of aliphatic hydroxyl groups excluding tert-OH is 1. The van der Waals surface area contributed by atoms with Crippen molar-refractivity contribution >= 4 is 19.4 Å². The minimum Gasteiger partial charge on any atom is -0.400 e. The van der Waals surface area contributed by atoms with Crippen molar-refractivity contribution in [3.8, 4) is 0 Å². The van der Waals surface area contributed by atoms with Gasteiger partial charge in [-0.2, -0.15) is 0 Å². The summed E-state index contributed by atoms with van der Waals surface area (Å²) < 4.78 is 6.51. The highest BCUT2D eigenvalue weighted by Gasteiger charge is 2.55. The molecule has 0 radical (unpaired) electrons. The Morgan fingerprint density at radius 2 is 1.20 bits per heavy atom. The average molecular weight is 361 g/mol. The Balaban J connectivity index is 2.54. The van der Waals surface area contributed by atoms with E-state index in [2.05, 4.69) is 0 Å². The largest absolute Gasteiger partial charge is 0.400 e. The summed E-state index contributed by atoms with van der Waals surface area (Å²) in [4.78, 5) is 0. The highest BCUT2D eigenvalue weighted by molar-refractivity contribution is 6.80. The fourth-order valence-electron chi connectivity index (χ4n) is 2.84. The molecule has 0 saturated carbocycles. The van der Waals surface area contributed by atoms with Gasteiger partial charge in [-0.15, -0.1) is 0 Å². The molecule has 0 saturated heterocycles. The number of hydrogen-bond acceptors (Lipinski definition) is 4. The van der Waals surface area contributed by atoms with E-state index in [4.69, 9.17) is 4.43 Å². The quantitative estimate of drug-likeness (QED) is 0.531. The first-order valence-corrected chi connectivity index (χ1v) is 10.1. The first kappa shape index (κ1) is 19.8. The molecule has 2 aromatic rings. The Kier molecular flexibility index (Phi) is 5.86. The molecule has 3 N–H and O–H groups in total. The first-order chi connectivity index (χ1) is 11.6. The summed E-state index contributed by atoms with van der Waals surface area (Å²) in [5, 5.41) is 32.7. The molecule has 0 amide bonds.